The van der Waals surface area contributed by atoms with Crippen molar-refractivity contribution in [1.29, 1.82) is 0 Å². The average Bonchev–Trinajstić information content (AvgIpc) is 2.36. The highest BCUT2D eigenvalue weighted by Crippen LogP contribution is 2.31. The third-order valence-electron chi connectivity index (χ3n) is 3.41. The molecule has 1 aliphatic heterocycles. The Morgan fingerprint density at radius 1 is 1.39 bits per heavy atom. The number of benzene rings is 1. The van der Waals surface area contributed by atoms with E-state index in [4.69, 9.17) is 4.74 Å². The van der Waals surface area contributed by atoms with E-state index in [1.165, 1.54) is 6.07 Å². The molecule has 2 rings (SSSR count). The SMILES string of the molecule is CCNC(c1cc(F)cc(Br)c1)C1CCOCC1. The summed E-state index contributed by atoms with van der Waals surface area (Å²) in [6.07, 6.45) is 2.07. The van der Waals surface area contributed by atoms with Crippen molar-refractivity contribution in [3.8, 4) is 0 Å². The van der Waals surface area contributed by atoms with Gasteiger partial charge in [0.2, 0.25) is 0 Å². The fourth-order valence-corrected chi connectivity index (χ4v) is 3.06. The van der Waals surface area contributed by atoms with E-state index in [1.807, 2.05) is 6.07 Å². The normalized spacial score (nSPS) is 18.8. The van der Waals surface area contributed by atoms with Gasteiger partial charge in [0.1, 0.15) is 5.82 Å². The fourth-order valence-electron chi connectivity index (χ4n) is 2.58. The van der Waals surface area contributed by atoms with Crippen LogP contribution >= 0.6 is 15.9 Å². The van der Waals surface area contributed by atoms with Crippen LogP contribution in [0.15, 0.2) is 22.7 Å². The van der Waals surface area contributed by atoms with Crippen molar-refractivity contribution in [1.82, 2.24) is 5.32 Å². The van der Waals surface area contributed by atoms with Crippen molar-refractivity contribution in [2.75, 3.05) is 19.8 Å². The lowest BCUT2D eigenvalue weighted by molar-refractivity contribution is 0.0538. The van der Waals surface area contributed by atoms with E-state index in [0.717, 1.165) is 42.6 Å². The summed E-state index contributed by atoms with van der Waals surface area (Å²) in [5, 5.41) is 3.48. The quantitative estimate of drug-likeness (QED) is 0.915. The summed E-state index contributed by atoms with van der Waals surface area (Å²) >= 11 is 3.36. The summed E-state index contributed by atoms with van der Waals surface area (Å²) in [6.45, 7) is 4.59. The minimum Gasteiger partial charge on any atom is -0.381 e. The van der Waals surface area contributed by atoms with Gasteiger partial charge in [0.15, 0.2) is 0 Å². The van der Waals surface area contributed by atoms with Gasteiger partial charge in [-0.2, -0.15) is 0 Å². The van der Waals surface area contributed by atoms with E-state index in [2.05, 4.69) is 28.2 Å². The van der Waals surface area contributed by atoms with Gasteiger partial charge in [-0.25, -0.2) is 4.39 Å². The number of ether oxygens (including phenoxy) is 1. The summed E-state index contributed by atoms with van der Waals surface area (Å²) in [7, 11) is 0. The van der Waals surface area contributed by atoms with Crippen LogP contribution in [0.1, 0.15) is 31.4 Å². The molecule has 1 atom stereocenters. The number of hydrogen-bond acceptors (Lipinski definition) is 2. The third-order valence-corrected chi connectivity index (χ3v) is 3.86. The molecule has 0 aromatic heterocycles. The van der Waals surface area contributed by atoms with Gasteiger partial charge in [0, 0.05) is 23.7 Å². The highest BCUT2D eigenvalue weighted by Gasteiger charge is 2.25. The van der Waals surface area contributed by atoms with Crippen molar-refractivity contribution < 1.29 is 9.13 Å². The fraction of sp³-hybridized carbons (Fsp3) is 0.571. The standard InChI is InChI=1S/C14H19BrFNO/c1-2-17-14(10-3-5-18-6-4-10)11-7-12(15)9-13(16)8-11/h7-10,14,17H,2-6H2,1H3. The largest absolute Gasteiger partial charge is 0.381 e. The second-order valence-electron chi connectivity index (χ2n) is 4.69. The van der Waals surface area contributed by atoms with E-state index in [-0.39, 0.29) is 11.9 Å². The second-order valence-corrected chi connectivity index (χ2v) is 5.60. The predicted molar refractivity (Wildman–Crippen MR) is 74.1 cm³/mol. The monoisotopic (exact) mass is 315 g/mol. The van der Waals surface area contributed by atoms with Gasteiger partial charge in [-0.05, 0) is 49.1 Å². The molecular formula is C14H19BrFNO. The highest BCUT2D eigenvalue weighted by atomic mass is 79.9. The van der Waals surface area contributed by atoms with Crippen LogP contribution in [0.3, 0.4) is 0 Å². The van der Waals surface area contributed by atoms with Gasteiger partial charge >= 0.3 is 0 Å². The molecular weight excluding hydrogens is 297 g/mol. The molecule has 4 heteroatoms. The number of hydrogen-bond donors (Lipinski definition) is 1. The van der Waals surface area contributed by atoms with Crippen LogP contribution < -0.4 is 5.32 Å². The zero-order valence-electron chi connectivity index (χ0n) is 10.6. The average molecular weight is 316 g/mol. The molecule has 0 spiro atoms. The van der Waals surface area contributed by atoms with Crippen molar-refractivity contribution in [2.45, 2.75) is 25.8 Å². The maximum absolute atomic E-state index is 13.5. The van der Waals surface area contributed by atoms with Gasteiger partial charge in [0.25, 0.3) is 0 Å². The van der Waals surface area contributed by atoms with Gasteiger partial charge in [-0.1, -0.05) is 22.9 Å². The van der Waals surface area contributed by atoms with Gasteiger partial charge < -0.3 is 10.1 Å². The maximum Gasteiger partial charge on any atom is 0.124 e. The zero-order valence-corrected chi connectivity index (χ0v) is 12.2. The molecule has 1 fully saturated rings. The second kappa shape index (κ2) is 6.64. The summed E-state index contributed by atoms with van der Waals surface area (Å²) in [4.78, 5) is 0. The molecule has 1 saturated heterocycles. The van der Waals surface area contributed by atoms with Crippen LogP contribution in [0.5, 0.6) is 0 Å². The molecule has 100 valence electrons. The summed E-state index contributed by atoms with van der Waals surface area (Å²) in [5.74, 6) is 0.335. The van der Waals surface area contributed by atoms with Crippen molar-refractivity contribution in [3.05, 3.63) is 34.1 Å². The number of halogens is 2. The van der Waals surface area contributed by atoms with Crippen LogP contribution in [-0.2, 0) is 4.74 Å². The Balaban J connectivity index is 2.22. The summed E-state index contributed by atoms with van der Waals surface area (Å²) < 4.78 is 19.7. The van der Waals surface area contributed by atoms with Crippen molar-refractivity contribution in [2.24, 2.45) is 5.92 Å². The minimum absolute atomic E-state index is 0.186. The first kappa shape index (κ1) is 14.0. The lowest BCUT2D eigenvalue weighted by Crippen LogP contribution is -2.32. The molecule has 0 radical (unpaired) electrons. The van der Waals surface area contributed by atoms with E-state index >= 15 is 0 Å². The van der Waals surface area contributed by atoms with Gasteiger partial charge in [-0.3, -0.25) is 0 Å². The molecule has 0 saturated carbocycles. The molecule has 0 bridgehead atoms. The van der Waals surface area contributed by atoms with Gasteiger partial charge in [0.05, 0.1) is 0 Å². The Morgan fingerprint density at radius 3 is 2.72 bits per heavy atom. The van der Waals surface area contributed by atoms with E-state index in [0.29, 0.717) is 5.92 Å². The van der Waals surface area contributed by atoms with Crippen LogP contribution in [0.4, 0.5) is 4.39 Å². The first-order valence-corrected chi connectivity index (χ1v) is 7.27. The van der Waals surface area contributed by atoms with E-state index < -0.39 is 0 Å². The van der Waals surface area contributed by atoms with Crippen molar-refractivity contribution >= 4 is 15.9 Å². The number of nitrogens with one attached hydrogen (secondary N) is 1. The van der Waals surface area contributed by atoms with Crippen LogP contribution in [0, 0.1) is 11.7 Å². The molecule has 1 aromatic rings. The zero-order chi connectivity index (χ0) is 13.0. The summed E-state index contributed by atoms with van der Waals surface area (Å²) in [5.41, 5.74) is 1.02. The molecule has 0 amide bonds. The van der Waals surface area contributed by atoms with Crippen LogP contribution in [0.2, 0.25) is 0 Å². The molecule has 1 heterocycles. The molecule has 18 heavy (non-hydrogen) atoms. The molecule has 1 unspecified atom stereocenters. The third kappa shape index (κ3) is 3.53. The van der Waals surface area contributed by atoms with Crippen LogP contribution in [-0.4, -0.2) is 19.8 Å². The van der Waals surface area contributed by atoms with E-state index in [9.17, 15) is 4.39 Å². The number of rotatable bonds is 4. The first-order valence-electron chi connectivity index (χ1n) is 6.48. The molecule has 1 aliphatic rings. The minimum atomic E-state index is -0.186. The first-order chi connectivity index (χ1) is 8.70. The topological polar surface area (TPSA) is 21.3 Å². The maximum atomic E-state index is 13.5. The van der Waals surface area contributed by atoms with Crippen LogP contribution in [0.25, 0.3) is 0 Å². The van der Waals surface area contributed by atoms with Gasteiger partial charge in [-0.15, -0.1) is 0 Å². The molecule has 0 aliphatic carbocycles. The lowest BCUT2D eigenvalue weighted by atomic mass is 9.87. The Bertz CT molecular complexity index is 373. The highest BCUT2D eigenvalue weighted by molar-refractivity contribution is 9.10. The predicted octanol–water partition coefficient (Wildman–Crippen LogP) is 3.67. The Kier molecular flexibility index (Phi) is 5.15. The molecule has 1 N–H and O–H groups in total. The lowest BCUT2D eigenvalue weighted by Gasteiger charge is -2.31. The Morgan fingerprint density at radius 2 is 2.11 bits per heavy atom. The Hall–Kier alpha value is -0.450. The van der Waals surface area contributed by atoms with Crippen molar-refractivity contribution in [3.63, 3.8) is 0 Å². The summed E-state index contributed by atoms with van der Waals surface area (Å²) in [6, 6.07) is 5.35. The Labute approximate surface area is 116 Å². The van der Waals surface area contributed by atoms with E-state index in [1.54, 1.807) is 6.07 Å². The molecule has 2 nitrogen and oxygen atoms in total. The smallest absolute Gasteiger partial charge is 0.124 e. The molecule has 1 aromatic carbocycles.